The Hall–Kier alpha value is -2.64. The Bertz CT molecular complexity index is 976. The molecule has 24 heavy (non-hydrogen) atoms. The van der Waals surface area contributed by atoms with E-state index in [1.165, 1.54) is 32.7 Å². The van der Waals surface area contributed by atoms with Crippen molar-refractivity contribution in [2.75, 3.05) is 0 Å². The molecule has 0 amide bonds. The van der Waals surface area contributed by atoms with Gasteiger partial charge < -0.3 is 5.32 Å². The van der Waals surface area contributed by atoms with Gasteiger partial charge in [0.1, 0.15) is 0 Å². The summed E-state index contributed by atoms with van der Waals surface area (Å²) in [5, 5.41) is 8.96. The lowest BCUT2D eigenvalue weighted by atomic mass is 9.99. The highest BCUT2D eigenvalue weighted by Crippen LogP contribution is 2.25. The normalized spacial score (nSPS) is 12.5. The summed E-state index contributed by atoms with van der Waals surface area (Å²) in [6.45, 7) is 3.11. The third kappa shape index (κ3) is 2.79. The van der Waals surface area contributed by atoms with Crippen LogP contribution in [0.5, 0.6) is 0 Å². The largest absolute Gasteiger partial charge is 0.306 e. The SMILES string of the molecule is C[C@@H](NCc1cccc2ccccc12)c1cccc2ccccc12. The molecular weight excluding hydrogens is 290 g/mol. The van der Waals surface area contributed by atoms with Crippen molar-refractivity contribution >= 4 is 21.5 Å². The van der Waals surface area contributed by atoms with Crippen LogP contribution in [0.4, 0.5) is 0 Å². The van der Waals surface area contributed by atoms with E-state index >= 15 is 0 Å². The van der Waals surface area contributed by atoms with Gasteiger partial charge in [0.15, 0.2) is 0 Å². The Labute approximate surface area is 142 Å². The first-order valence-corrected chi connectivity index (χ1v) is 8.50. The number of rotatable bonds is 4. The zero-order valence-electron chi connectivity index (χ0n) is 13.9. The molecule has 1 N–H and O–H groups in total. The zero-order valence-corrected chi connectivity index (χ0v) is 13.9. The lowest BCUT2D eigenvalue weighted by Gasteiger charge is -2.17. The highest BCUT2D eigenvalue weighted by Gasteiger charge is 2.09. The van der Waals surface area contributed by atoms with E-state index in [1.807, 2.05) is 0 Å². The summed E-state index contributed by atoms with van der Waals surface area (Å²) in [4.78, 5) is 0. The molecule has 0 aliphatic heterocycles. The Balaban J connectivity index is 1.61. The molecule has 0 aliphatic carbocycles. The van der Waals surface area contributed by atoms with Gasteiger partial charge in [-0.2, -0.15) is 0 Å². The number of nitrogens with one attached hydrogen (secondary N) is 1. The average Bonchev–Trinajstić information content (AvgIpc) is 2.65. The first-order valence-electron chi connectivity index (χ1n) is 8.50. The fraction of sp³-hybridized carbons (Fsp3) is 0.130. The van der Waals surface area contributed by atoms with Crippen LogP contribution in [0.15, 0.2) is 84.9 Å². The van der Waals surface area contributed by atoms with Crippen LogP contribution < -0.4 is 5.32 Å². The van der Waals surface area contributed by atoms with Crippen molar-refractivity contribution in [2.24, 2.45) is 0 Å². The predicted octanol–water partition coefficient (Wildman–Crippen LogP) is 5.84. The molecule has 0 bridgehead atoms. The third-order valence-corrected chi connectivity index (χ3v) is 4.77. The molecule has 0 spiro atoms. The minimum atomic E-state index is 0.301. The van der Waals surface area contributed by atoms with E-state index < -0.39 is 0 Å². The molecule has 1 nitrogen and oxygen atoms in total. The minimum absolute atomic E-state index is 0.301. The van der Waals surface area contributed by atoms with Crippen LogP contribution in [-0.2, 0) is 6.54 Å². The van der Waals surface area contributed by atoms with Gasteiger partial charge in [0, 0.05) is 12.6 Å². The van der Waals surface area contributed by atoms with E-state index in [2.05, 4.69) is 97.2 Å². The van der Waals surface area contributed by atoms with Gasteiger partial charge in [-0.25, -0.2) is 0 Å². The van der Waals surface area contributed by atoms with Crippen molar-refractivity contribution in [3.05, 3.63) is 96.1 Å². The predicted molar refractivity (Wildman–Crippen MR) is 103 cm³/mol. The first kappa shape index (κ1) is 14.9. The second-order valence-corrected chi connectivity index (χ2v) is 6.31. The molecular formula is C23H21N. The van der Waals surface area contributed by atoms with E-state index in [4.69, 9.17) is 0 Å². The van der Waals surface area contributed by atoms with E-state index in [0.29, 0.717) is 6.04 Å². The van der Waals surface area contributed by atoms with Gasteiger partial charge >= 0.3 is 0 Å². The van der Waals surface area contributed by atoms with Gasteiger partial charge in [0.2, 0.25) is 0 Å². The third-order valence-electron chi connectivity index (χ3n) is 4.77. The topological polar surface area (TPSA) is 12.0 Å². The second kappa shape index (κ2) is 6.46. The molecule has 4 aromatic carbocycles. The van der Waals surface area contributed by atoms with Gasteiger partial charge in [-0.1, -0.05) is 84.9 Å². The summed E-state index contributed by atoms with van der Waals surface area (Å²) in [6.07, 6.45) is 0. The fourth-order valence-corrected chi connectivity index (χ4v) is 3.45. The summed E-state index contributed by atoms with van der Waals surface area (Å²) in [5.74, 6) is 0. The Morgan fingerprint density at radius 2 is 1.25 bits per heavy atom. The van der Waals surface area contributed by atoms with Crippen molar-refractivity contribution < 1.29 is 0 Å². The quantitative estimate of drug-likeness (QED) is 0.499. The molecule has 118 valence electrons. The van der Waals surface area contributed by atoms with E-state index in [1.54, 1.807) is 0 Å². The maximum absolute atomic E-state index is 3.70. The summed E-state index contributed by atoms with van der Waals surface area (Å²) in [6, 6.07) is 30.6. The molecule has 4 rings (SSSR count). The van der Waals surface area contributed by atoms with Crippen molar-refractivity contribution in [1.29, 1.82) is 0 Å². The molecule has 0 aromatic heterocycles. The monoisotopic (exact) mass is 311 g/mol. The molecule has 0 saturated carbocycles. The van der Waals surface area contributed by atoms with Crippen molar-refractivity contribution in [2.45, 2.75) is 19.5 Å². The standard InChI is InChI=1S/C23H21N/c1-17(21-15-7-11-19-9-3-5-14-23(19)21)24-16-20-12-6-10-18-8-2-4-13-22(18)20/h2-15,17,24H,16H2,1H3/t17-/m1/s1. The van der Waals surface area contributed by atoms with Crippen molar-refractivity contribution in [3.63, 3.8) is 0 Å². The van der Waals surface area contributed by atoms with Gasteiger partial charge in [-0.05, 0) is 39.6 Å². The van der Waals surface area contributed by atoms with Crippen LogP contribution in [0, 0.1) is 0 Å². The summed E-state index contributed by atoms with van der Waals surface area (Å²) in [5.41, 5.74) is 2.70. The number of fused-ring (bicyclic) bond motifs is 2. The highest BCUT2D eigenvalue weighted by molar-refractivity contribution is 5.86. The Kier molecular flexibility index (Phi) is 4.02. The second-order valence-electron chi connectivity index (χ2n) is 6.31. The Morgan fingerprint density at radius 3 is 2.04 bits per heavy atom. The molecule has 0 aliphatic rings. The van der Waals surface area contributed by atoms with E-state index in [9.17, 15) is 0 Å². The van der Waals surface area contributed by atoms with Gasteiger partial charge in [-0.15, -0.1) is 0 Å². The van der Waals surface area contributed by atoms with Crippen LogP contribution >= 0.6 is 0 Å². The lowest BCUT2D eigenvalue weighted by molar-refractivity contribution is 0.580. The zero-order chi connectivity index (χ0) is 16.4. The van der Waals surface area contributed by atoms with Crippen LogP contribution in [-0.4, -0.2) is 0 Å². The van der Waals surface area contributed by atoms with Crippen molar-refractivity contribution in [3.8, 4) is 0 Å². The molecule has 0 unspecified atom stereocenters. The molecule has 0 saturated heterocycles. The molecule has 0 radical (unpaired) electrons. The van der Waals surface area contributed by atoms with Gasteiger partial charge in [-0.3, -0.25) is 0 Å². The van der Waals surface area contributed by atoms with E-state index in [-0.39, 0.29) is 0 Å². The van der Waals surface area contributed by atoms with Crippen molar-refractivity contribution in [1.82, 2.24) is 5.32 Å². The lowest BCUT2D eigenvalue weighted by Crippen LogP contribution is -2.18. The minimum Gasteiger partial charge on any atom is -0.306 e. The van der Waals surface area contributed by atoms with Crippen LogP contribution in [0.1, 0.15) is 24.1 Å². The maximum atomic E-state index is 3.70. The maximum Gasteiger partial charge on any atom is 0.0301 e. The van der Waals surface area contributed by atoms with Crippen LogP contribution in [0.25, 0.3) is 21.5 Å². The molecule has 4 aromatic rings. The van der Waals surface area contributed by atoms with Crippen LogP contribution in [0.3, 0.4) is 0 Å². The fourth-order valence-electron chi connectivity index (χ4n) is 3.45. The highest BCUT2D eigenvalue weighted by atomic mass is 14.9. The number of hydrogen-bond donors (Lipinski definition) is 1. The first-order chi connectivity index (χ1) is 11.8. The van der Waals surface area contributed by atoms with Gasteiger partial charge in [0.25, 0.3) is 0 Å². The number of benzene rings is 4. The number of hydrogen-bond acceptors (Lipinski definition) is 1. The molecule has 1 atom stereocenters. The van der Waals surface area contributed by atoms with Gasteiger partial charge in [0.05, 0.1) is 0 Å². The Morgan fingerprint density at radius 1 is 0.667 bits per heavy atom. The van der Waals surface area contributed by atoms with E-state index in [0.717, 1.165) is 6.54 Å². The summed E-state index contributed by atoms with van der Waals surface area (Å²) in [7, 11) is 0. The molecule has 1 heteroatoms. The summed E-state index contributed by atoms with van der Waals surface area (Å²) >= 11 is 0. The average molecular weight is 311 g/mol. The smallest absolute Gasteiger partial charge is 0.0301 e. The molecule has 0 fully saturated rings. The van der Waals surface area contributed by atoms with Crippen LogP contribution in [0.2, 0.25) is 0 Å². The molecule has 0 heterocycles. The summed E-state index contributed by atoms with van der Waals surface area (Å²) < 4.78 is 0.